The molecule has 1 fully saturated rings. The average molecular weight is 269 g/mol. The number of hydrogen-bond donors (Lipinski definition) is 2. The Kier molecular flexibility index (Phi) is 6.28. The van der Waals surface area contributed by atoms with Gasteiger partial charge in [-0.3, -0.25) is 9.59 Å². The molecule has 5 nitrogen and oxygen atoms in total. The van der Waals surface area contributed by atoms with Gasteiger partial charge in [0.25, 0.3) is 0 Å². The number of nitrogens with two attached hydrogens (primary N) is 1. The first-order valence-corrected chi connectivity index (χ1v) is 7.23. The van der Waals surface area contributed by atoms with E-state index in [9.17, 15) is 9.59 Å². The summed E-state index contributed by atoms with van der Waals surface area (Å²) in [5.41, 5.74) is 5.96. The topological polar surface area (TPSA) is 75.4 Å². The molecule has 0 saturated heterocycles. The second kappa shape index (κ2) is 7.48. The van der Waals surface area contributed by atoms with Crippen LogP contribution in [-0.4, -0.2) is 42.9 Å². The Hall–Kier alpha value is -1.10. The maximum absolute atomic E-state index is 12.3. The molecule has 2 amide bonds. The third kappa shape index (κ3) is 4.82. The van der Waals surface area contributed by atoms with Crippen LogP contribution in [0, 0.1) is 11.8 Å². The van der Waals surface area contributed by atoms with Crippen LogP contribution in [0.4, 0.5) is 0 Å². The molecule has 3 atom stereocenters. The number of rotatable bonds is 5. The van der Waals surface area contributed by atoms with Gasteiger partial charge in [-0.25, -0.2) is 0 Å². The van der Waals surface area contributed by atoms with E-state index in [0.29, 0.717) is 12.5 Å². The lowest BCUT2D eigenvalue weighted by atomic mass is 9.79. The molecule has 0 aromatic rings. The van der Waals surface area contributed by atoms with E-state index in [2.05, 4.69) is 12.2 Å². The lowest BCUT2D eigenvalue weighted by molar-refractivity contribution is -0.139. The average Bonchev–Trinajstić information content (AvgIpc) is 2.38. The Morgan fingerprint density at radius 3 is 2.63 bits per heavy atom. The van der Waals surface area contributed by atoms with Gasteiger partial charge in [0.1, 0.15) is 0 Å². The Morgan fingerprint density at radius 2 is 2.05 bits per heavy atom. The Morgan fingerprint density at radius 1 is 1.37 bits per heavy atom. The van der Waals surface area contributed by atoms with Gasteiger partial charge in [-0.15, -0.1) is 0 Å². The summed E-state index contributed by atoms with van der Waals surface area (Å²) in [6, 6.07) is 0.210. The molecule has 0 aromatic carbocycles. The third-order valence-corrected chi connectivity index (χ3v) is 3.91. The molecule has 1 rings (SSSR count). The van der Waals surface area contributed by atoms with Gasteiger partial charge < -0.3 is 16.0 Å². The molecule has 0 heterocycles. The van der Waals surface area contributed by atoms with Gasteiger partial charge in [-0.2, -0.15) is 0 Å². The highest BCUT2D eigenvalue weighted by Gasteiger charge is 2.31. The van der Waals surface area contributed by atoms with E-state index in [0.717, 1.165) is 25.7 Å². The minimum absolute atomic E-state index is 0.0266. The number of carbonyl (C=O) groups excluding carboxylic acids is 2. The van der Waals surface area contributed by atoms with Crippen molar-refractivity contribution in [3.63, 3.8) is 0 Å². The van der Waals surface area contributed by atoms with Crippen LogP contribution in [0.5, 0.6) is 0 Å². The Bertz CT molecular complexity index is 320. The predicted octanol–water partition coefficient (Wildman–Crippen LogP) is 0.735. The van der Waals surface area contributed by atoms with Crippen LogP contribution in [0.1, 0.15) is 39.5 Å². The van der Waals surface area contributed by atoms with Crippen molar-refractivity contribution < 1.29 is 9.59 Å². The zero-order valence-electron chi connectivity index (χ0n) is 12.3. The van der Waals surface area contributed by atoms with E-state index >= 15 is 0 Å². The van der Waals surface area contributed by atoms with Crippen molar-refractivity contribution in [3.05, 3.63) is 0 Å². The predicted molar refractivity (Wildman–Crippen MR) is 75.4 cm³/mol. The van der Waals surface area contributed by atoms with E-state index in [4.69, 9.17) is 5.73 Å². The minimum Gasteiger partial charge on any atom is -0.355 e. The minimum atomic E-state index is -0.0849. The first-order chi connectivity index (χ1) is 8.95. The molecule has 5 heteroatoms. The first kappa shape index (κ1) is 16.0. The van der Waals surface area contributed by atoms with Crippen LogP contribution in [0.2, 0.25) is 0 Å². The van der Waals surface area contributed by atoms with Gasteiger partial charge in [0.2, 0.25) is 11.8 Å². The van der Waals surface area contributed by atoms with Gasteiger partial charge in [0.05, 0.1) is 6.54 Å². The smallest absolute Gasteiger partial charge is 0.239 e. The summed E-state index contributed by atoms with van der Waals surface area (Å²) in [5.74, 6) is 0.396. The second-order valence-corrected chi connectivity index (χ2v) is 5.70. The van der Waals surface area contributed by atoms with Crippen molar-refractivity contribution >= 4 is 11.8 Å². The molecular weight excluding hydrogens is 242 g/mol. The van der Waals surface area contributed by atoms with Crippen molar-refractivity contribution in [2.24, 2.45) is 17.6 Å². The maximum atomic E-state index is 12.3. The largest absolute Gasteiger partial charge is 0.355 e. The van der Waals surface area contributed by atoms with Gasteiger partial charge >= 0.3 is 0 Å². The van der Waals surface area contributed by atoms with Crippen LogP contribution in [0.15, 0.2) is 0 Å². The molecule has 0 spiro atoms. The molecule has 0 bridgehead atoms. The van der Waals surface area contributed by atoms with Gasteiger partial charge in [-0.05, 0) is 31.6 Å². The monoisotopic (exact) mass is 269 g/mol. The lowest BCUT2D eigenvalue weighted by Crippen LogP contribution is -2.44. The summed E-state index contributed by atoms with van der Waals surface area (Å²) in [5, 5.41) is 2.78. The normalized spacial score (nSPS) is 26.8. The van der Waals surface area contributed by atoms with Crippen LogP contribution in [0.25, 0.3) is 0 Å². The molecule has 19 heavy (non-hydrogen) atoms. The van der Waals surface area contributed by atoms with Crippen molar-refractivity contribution in [3.8, 4) is 0 Å². The highest BCUT2D eigenvalue weighted by molar-refractivity contribution is 5.85. The number of nitrogens with one attached hydrogen (secondary N) is 1. The van der Waals surface area contributed by atoms with Crippen molar-refractivity contribution in [2.75, 3.05) is 20.1 Å². The first-order valence-electron chi connectivity index (χ1n) is 7.23. The summed E-state index contributed by atoms with van der Waals surface area (Å²) in [7, 11) is 1.70. The van der Waals surface area contributed by atoms with Gasteiger partial charge in [0, 0.05) is 25.6 Å². The summed E-state index contributed by atoms with van der Waals surface area (Å²) < 4.78 is 0. The molecular formula is C14H27N3O2. The number of carbonyl (C=O) groups is 2. The zero-order chi connectivity index (χ0) is 14.4. The molecule has 1 aliphatic rings. The molecule has 0 aliphatic heterocycles. The summed E-state index contributed by atoms with van der Waals surface area (Å²) in [4.78, 5) is 25.4. The zero-order valence-corrected chi connectivity index (χ0v) is 12.3. The second-order valence-electron chi connectivity index (χ2n) is 5.70. The quantitative estimate of drug-likeness (QED) is 0.773. The third-order valence-electron chi connectivity index (χ3n) is 3.91. The van der Waals surface area contributed by atoms with E-state index in [1.807, 2.05) is 6.92 Å². The SMILES string of the molecule is CCCNC(=O)CN(C)C(=O)C1CCC(N)C(C)C1. The lowest BCUT2D eigenvalue weighted by Gasteiger charge is -2.33. The van der Waals surface area contributed by atoms with Crippen LogP contribution < -0.4 is 11.1 Å². The van der Waals surface area contributed by atoms with Crippen LogP contribution in [0.3, 0.4) is 0 Å². The Labute approximate surface area is 115 Å². The molecule has 3 unspecified atom stereocenters. The molecule has 1 aliphatic carbocycles. The highest BCUT2D eigenvalue weighted by atomic mass is 16.2. The van der Waals surface area contributed by atoms with E-state index in [1.165, 1.54) is 0 Å². The summed E-state index contributed by atoms with van der Waals surface area (Å²) in [6.45, 7) is 4.91. The Balaban J connectivity index is 2.42. The molecule has 1 saturated carbocycles. The molecule has 3 N–H and O–H groups in total. The van der Waals surface area contributed by atoms with Crippen molar-refractivity contribution in [1.82, 2.24) is 10.2 Å². The van der Waals surface area contributed by atoms with Gasteiger partial charge in [0.15, 0.2) is 0 Å². The highest BCUT2D eigenvalue weighted by Crippen LogP contribution is 2.29. The van der Waals surface area contributed by atoms with E-state index in [1.54, 1.807) is 11.9 Å². The number of likely N-dealkylation sites (N-methyl/N-ethyl adjacent to an activating group) is 1. The fraction of sp³-hybridized carbons (Fsp3) is 0.857. The van der Waals surface area contributed by atoms with Crippen LogP contribution >= 0.6 is 0 Å². The standard InChI is InChI=1S/C14H27N3O2/c1-4-7-16-13(18)9-17(3)14(19)11-5-6-12(15)10(2)8-11/h10-12H,4-9,15H2,1-3H3,(H,16,18). The molecule has 0 aromatic heterocycles. The number of nitrogens with zero attached hydrogens (tertiary/aromatic N) is 1. The molecule has 110 valence electrons. The van der Waals surface area contributed by atoms with Crippen LogP contribution in [-0.2, 0) is 9.59 Å². The van der Waals surface area contributed by atoms with E-state index in [-0.39, 0.29) is 30.3 Å². The number of hydrogen-bond acceptors (Lipinski definition) is 3. The molecule has 0 radical (unpaired) electrons. The summed E-state index contributed by atoms with van der Waals surface area (Å²) in [6.07, 6.45) is 3.47. The van der Waals surface area contributed by atoms with Crippen molar-refractivity contribution in [1.29, 1.82) is 0 Å². The fourth-order valence-electron chi connectivity index (χ4n) is 2.57. The summed E-state index contributed by atoms with van der Waals surface area (Å²) >= 11 is 0. The maximum Gasteiger partial charge on any atom is 0.239 e. The fourth-order valence-corrected chi connectivity index (χ4v) is 2.57. The van der Waals surface area contributed by atoms with Crippen molar-refractivity contribution in [2.45, 2.75) is 45.6 Å². The van der Waals surface area contributed by atoms with E-state index < -0.39 is 0 Å². The van der Waals surface area contributed by atoms with Gasteiger partial charge in [-0.1, -0.05) is 13.8 Å². The number of amides is 2.